The average Bonchev–Trinajstić information content (AvgIpc) is 2.65. The molecular weight excluding hydrogens is 273 g/mol. The van der Waals surface area contributed by atoms with Crippen LogP contribution in [0.4, 0.5) is 0 Å². The molecule has 0 saturated carbocycles. The molecule has 1 aromatic rings. The van der Waals surface area contributed by atoms with Gasteiger partial charge in [0.15, 0.2) is 0 Å². The normalized spacial score (nSPS) is 27.7. The minimum atomic E-state index is -0.787. The number of halogens is 2. The van der Waals surface area contributed by atoms with Gasteiger partial charge in [0.2, 0.25) is 0 Å². The van der Waals surface area contributed by atoms with Crippen LogP contribution in [0, 0.1) is 0 Å². The third kappa shape index (κ3) is 2.98. The summed E-state index contributed by atoms with van der Waals surface area (Å²) >= 11 is 12.0. The average molecular weight is 290 g/mol. The molecule has 2 unspecified atom stereocenters. The fourth-order valence-electron chi connectivity index (χ4n) is 2.10. The molecule has 0 spiro atoms. The molecule has 100 valence electrons. The smallest absolute Gasteiger partial charge is 0.105 e. The van der Waals surface area contributed by atoms with Crippen molar-refractivity contribution >= 4 is 23.2 Å². The van der Waals surface area contributed by atoms with Gasteiger partial charge in [0.1, 0.15) is 5.60 Å². The number of rotatable bonds is 4. The summed E-state index contributed by atoms with van der Waals surface area (Å²) in [6, 6.07) is 5.54. The van der Waals surface area contributed by atoms with Crippen LogP contribution >= 0.6 is 23.2 Å². The Kier molecular flexibility index (Phi) is 4.51. The van der Waals surface area contributed by atoms with Crippen LogP contribution in [0.15, 0.2) is 18.2 Å². The van der Waals surface area contributed by atoms with E-state index in [0.29, 0.717) is 36.2 Å². The molecular formula is C13H17Cl2NO2. The van der Waals surface area contributed by atoms with Crippen LogP contribution in [-0.4, -0.2) is 30.0 Å². The van der Waals surface area contributed by atoms with E-state index >= 15 is 0 Å². The Labute approximate surface area is 117 Å². The maximum atomic E-state index is 10.3. The second kappa shape index (κ2) is 5.76. The summed E-state index contributed by atoms with van der Waals surface area (Å²) < 4.78 is 5.38. The number of ether oxygens (including phenoxy) is 1. The van der Waals surface area contributed by atoms with Gasteiger partial charge in [0.05, 0.1) is 16.1 Å². The molecule has 18 heavy (non-hydrogen) atoms. The summed E-state index contributed by atoms with van der Waals surface area (Å²) in [4.78, 5) is 0. The van der Waals surface area contributed by atoms with Gasteiger partial charge in [-0.1, -0.05) is 35.3 Å². The second-order valence-electron chi connectivity index (χ2n) is 4.68. The molecule has 0 bridgehead atoms. The van der Waals surface area contributed by atoms with Gasteiger partial charge >= 0.3 is 0 Å². The summed E-state index contributed by atoms with van der Waals surface area (Å²) in [7, 11) is 0. The second-order valence-corrected chi connectivity index (χ2v) is 5.47. The summed E-state index contributed by atoms with van der Waals surface area (Å²) in [5, 5.41) is 14.6. The van der Waals surface area contributed by atoms with E-state index < -0.39 is 5.60 Å². The van der Waals surface area contributed by atoms with Crippen molar-refractivity contribution in [3.63, 3.8) is 0 Å². The van der Waals surface area contributed by atoms with Gasteiger partial charge in [-0.15, -0.1) is 0 Å². The lowest BCUT2D eigenvalue weighted by Gasteiger charge is -2.26. The van der Waals surface area contributed by atoms with E-state index in [-0.39, 0.29) is 6.10 Å². The predicted molar refractivity (Wildman–Crippen MR) is 73.1 cm³/mol. The highest BCUT2D eigenvalue weighted by atomic mass is 35.5. The first kappa shape index (κ1) is 14.1. The number of hydrogen-bond donors (Lipinski definition) is 2. The summed E-state index contributed by atoms with van der Waals surface area (Å²) in [5.41, 5.74) is 0.143. The van der Waals surface area contributed by atoms with Crippen molar-refractivity contribution in [3.05, 3.63) is 33.8 Å². The molecule has 1 aromatic carbocycles. The summed E-state index contributed by atoms with van der Waals surface area (Å²) in [5.74, 6) is 0. The Morgan fingerprint density at radius 1 is 1.50 bits per heavy atom. The van der Waals surface area contributed by atoms with Gasteiger partial charge in [-0.25, -0.2) is 0 Å². The Bertz CT molecular complexity index is 427. The Morgan fingerprint density at radius 3 is 2.94 bits per heavy atom. The van der Waals surface area contributed by atoms with Crippen LogP contribution in [-0.2, 0) is 11.3 Å². The lowest BCUT2D eigenvalue weighted by atomic mass is 9.96. The zero-order chi connectivity index (χ0) is 13.2. The van der Waals surface area contributed by atoms with Crippen molar-refractivity contribution in [1.82, 2.24) is 5.32 Å². The van der Waals surface area contributed by atoms with Crippen LogP contribution in [0.2, 0.25) is 10.0 Å². The SMILES string of the molecule is CC1OCCC1(O)CNCc1cccc(Cl)c1Cl. The first-order valence-electron chi connectivity index (χ1n) is 6.00. The Balaban J connectivity index is 1.91. The topological polar surface area (TPSA) is 41.5 Å². The molecule has 0 radical (unpaired) electrons. The van der Waals surface area contributed by atoms with Crippen LogP contribution < -0.4 is 5.32 Å². The predicted octanol–water partition coefficient (Wildman–Crippen LogP) is 2.62. The van der Waals surface area contributed by atoms with Crippen molar-refractivity contribution in [2.24, 2.45) is 0 Å². The maximum absolute atomic E-state index is 10.3. The minimum Gasteiger partial charge on any atom is -0.386 e. The lowest BCUT2D eigenvalue weighted by Crippen LogP contribution is -2.45. The lowest BCUT2D eigenvalue weighted by molar-refractivity contribution is -0.0262. The molecule has 1 aliphatic rings. The van der Waals surface area contributed by atoms with Crippen LogP contribution in [0.3, 0.4) is 0 Å². The molecule has 0 amide bonds. The zero-order valence-corrected chi connectivity index (χ0v) is 11.8. The standard InChI is InChI=1S/C13H17Cl2NO2/c1-9-13(17,5-6-18-9)8-16-7-10-3-2-4-11(14)12(10)15/h2-4,9,16-17H,5-8H2,1H3. The molecule has 2 N–H and O–H groups in total. The molecule has 2 rings (SSSR count). The van der Waals surface area contributed by atoms with E-state index in [0.717, 1.165) is 5.56 Å². The van der Waals surface area contributed by atoms with Gasteiger partial charge < -0.3 is 15.2 Å². The van der Waals surface area contributed by atoms with E-state index in [1.165, 1.54) is 0 Å². The van der Waals surface area contributed by atoms with Gasteiger partial charge in [0.25, 0.3) is 0 Å². The van der Waals surface area contributed by atoms with Crippen molar-refractivity contribution < 1.29 is 9.84 Å². The van der Waals surface area contributed by atoms with Gasteiger partial charge in [-0.3, -0.25) is 0 Å². The molecule has 0 aliphatic carbocycles. The van der Waals surface area contributed by atoms with Crippen molar-refractivity contribution in [1.29, 1.82) is 0 Å². The first-order valence-corrected chi connectivity index (χ1v) is 6.76. The molecule has 0 aromatic heterocycles. The molecule has 1 saturated heterocycles. The van der Waals surface area contributed by atoms with E-state index in [1.807, 2.05) is 19.1 Å². The molecule has 1 fully saturated rings. The largest absolute Gasteiger partial charge is 0.386 e. The van der Waals surface area contributed by atoms with E-state index in [1.54, 1.807) is 6.07 Å². The van der Waals surface area contributed by atoms with Gasteiger partial charge in [-0.05, 0) is 18.6 Å². The maximum Gasteiger partial charge on any atom is 0.105 e. The van der Waals surface area contributed by atoms with Gasteiger partial charge in [0, 0.05) is 26.1 Å². The fraction of sp³-hybridized carbons (Fsp3) is 0.538. The summed E-state index contributed by atoms with van der Waals surface area (Å²) in [6.45, 7) is 3.56. The minimum absolute atomic E-state index is 0.139. The van der Waals surface area contributed by atoms with Crippen LogP contribution in [0.25, 0.3) is 0 Å². The monoisotopic (exact) mass is 289 g/mol. The van der Waals surface area contributed by atoms with Gasteiger partial charge in [-0.2, -0.15) is 0 Å². The Morgan fingerprint density at radius 2 is 2.28 bits per heavy atom. The Hall–Kier alpha value is -0.320. The number of nitrogens with one attached hydrogen (secondary N) is 1. The molecule has 1 heterocycles. The third-order valence-corrected chi connectivity index (χ3v) is 4.30. The summed E-state index contributed by atoms with van der Waals surface area (Å²) in [6.07, 6.45) is 0.518. The van der Waals surface area contributed by atoms with E-state index in [4.69, 9.17) is 27.9 Å². The van der Waals surface area contributed by atoms with Crippen LogP contribution in [0.1, 0.15) is 18.9 Å². The third-order valence-electron chi connectivity index (χ3n) is 3.44. The highest BCUT2D eigenvalue weighted by Gasteiger charge is 2.38. The molecule has 1 aliphatic heterocycles. The van der Waals surface area contributed by atoms with Crippen molar-refractivity contribution in [2.45, 2.75) is 31.6 Å². The van der Waals surface area contributed by atoms with E-state index in [2.05, 4.69) is 5.32 Å². The number of aliphatic hydroxyl groups is 1. The quantitative estimate of drug-likeness (QED) is 0.895. The highest BCUT2D eigenvalue weighted by Crippen LogP contribution is 2.27. The zero-order valence-electron chi connectivity index (χ0n) is 10.2. The van der Waals surface area contributed by atoms with Crippen LogP contribution in [0.5, 0.6) is 0 Å². The highest BCUT2D eigenvalue weighted by molar-refractivity contribution is 6.42. The molecule has 2 atom stereocenters. The van der Waals surface area contributed by atoms with Crippen molar-refractivity contribution in [3.8, 4) is 0 Å². The number of benzene rings is 1. The molecule has 3 nitrogen and oxygen atoms in total. The van der Waals surface area contributed by atoms with E-state index in [9.17, 15) is 5.11 Å². The molecule has 5 heteroatoms. The first-order chi connectivity index (χ1) is 8.53. The van der Waals surface area contributed by atoms with Crippen molar-refractivity contribution in [2.75, 3.05) is 13.2 Å². The number of hydrogen-bond acceptors (Lipinski definition) is 3. The fourth-order valence-corrected chi connectivity index (χ4v) is 2.49.